The van der Waals surface area contributed by atoms with Gasteiger partial charge in [-0.3, -0.25) is 9.52 Å². The topological polar surface area (TPSA) is 87.3 Å². The molecule has 174 valence electrons. The Bertz CT molecular complexity index is 1180. The molecule has 33 heavy (non-hydrogen) atoms. The van der Waals surface area contributed by atoms with Gasteiger partial charge < -0.3 is 10.6 Å². The van der Waals surface area contributed by atoms with Gasteiger partial charge in [0.15, 0.2) is 0 Å². The zero-order valence-electron chi connectivity index (χ0n) is 17.4. The average Bonchev–Trinajstić information content (AvgIpc) is 2.79. The van der Waals surface area contributed by atoms with E-state index < -0.39 is 21.8 Å². The highest BCUT2D eigenvalue weighted by Gasteiger charge is 2.30. The molecule has 0 aliphatic carbocycles. The van der Waals surface area contributed by atoms with Crippen molar-refractivity contribution in [2.75, 3.05) is 23.1 Å². The van der Waals surface area contributed by atoms with Crippen LogP contribution in [0.15, 0.2) is 83.8 Å². The third-order valence-electron chi connectivity index (χ3n) is 4.61. The Hall–Kier alpha value is -3.53. The van der Waals surface area contributed by atoms with Crippen LogP contribution in [-0.2, 0) is 16.2 Å². The van der Waals surface area contributed by atoms with Crippen molar-refractivity contribution in [2.45, 2.75) is 17.5 Å². The molecule has 3 aromatic carbocycles. The first kappa shape index (κ1) is 24.1. The summed E-state index contributed by atoms with van der Waals surface area (Å²) < 4.78 is 65.6. The quantitative estimate of drug-likeness (QED) is 0.389. The minimum Gasteiger partial charge on any atom is -0.385 e. The Morgan fingerprint density at radius 3 is 2.15 bits per heavy atom. The maximum absolute atomic E-state index is 12.8. The van der Waals surface area contributed by atoms with Gasteiger partial charge in [0, 0.05) is 30.0 Å². The minimum atomic E-state index is -4.59. The number of nitrogens with one attached hydrogen (secondary N) is 3. The molecule has 0 atom stereocenters. The minimum absolute atomic E-state index is 0.177. The van der Waals surface area contributed by atoms with E-state index in [-0.39, 0.29) is 22.1 Å². The molecule has 0 bridgehead atoms. The Morgan fingerprint density at radius 1 is 0.818 bits per heavy atom. The molecule has 0 aromatic heterocycles. The summed E-state index contributed by atoms with van der Waals surface area (Å²) in [6.45, 7) is 1.10. The highest BCUT2D eigenvalue weighted by atomic mass is 32.2. The smallest absolute Gasteiger partial charge is 0.385 e. The summed E-state index contributed by atoms with van der Waals surface area (Å²) in [6.07, 6.45) is -3.90. The highest BCUT2D eigenvalue weighted by molar-refractivity contribution is 7.92. The molecule has 3 aromatic rings. The number of carbonyl (C=O) groups excluding carboxylic acids is 1. The lowest BCUT2D eigenvalue weighted by Gasteiger charge is -2.12. The van der Waals surface area contributed by atoms with E-state index >= 15 is 0 Å². The largest absolute Gasteiger partial charge is 0.416 e. The van der Waals surface area contributed by atoms with E-state index in [0.717, 1.165) is 17.8 Å². The number of hydrogen-bond donors (Lipinski definition) is 3. The van der Waals surface area contributed by atoms with Crippen LogP contribution in [0.1, 0.15) is 22.3 Å². The summed E-state index contributed by atoms with van der Waals surface area (Å²) in [5.41, 5.74) is 0.0767. The van der Waals surface area contributed by atoms with Crippen LogP contribution >= 0.6 is 0 Å². The zero-order chi connectivity index (χ0) is 23.9. The fourth-order valence-corrected chi connectivity index (χ4v) is 3.99. The van der Waals surface area contributed by atoms with Gasteiger partial charge in [0.2, 0.25) is 0 Å². The van der Waals surface area contributed by atoms with E-state index in [1.165, 1.54) is 30.3 Å². The summed E-state index contributed by atoms with van der Waals surface area (Å²) in [7, 11) is -4.13. The van der Waals surface area contributed by atoms with Crippen LogP contribution < -0.4 is 15.4 Å². The van der Waals surface area contributed by atoms with E-state index in [1.807, 2.05) is 30.3 Å². The first-order valence-corrected chi connectivity index (χ1v) is 11.5. The monoisotopic (exact) mass is 477 g/mol. The van der Waals surface area contributed by atoms with E-state index in [9.17, 15) is 26.4 Å². The number of amides is 1. The molecular weight excluding hydrogens is 455 g/mol. The van der Waals surface area contributed by atoms with Crippen molar-refractivity contribution >= 4 is 27.3 Å². The molecule has 1 amide bonds. The second-order valence-corrected chi connectivity index (χ2v) is 8.79. The fraction of sp³-hybridized carbons (Fsp3) is 0.174. The highest BCUT2D eigenvalue weighted by Crippen LogP contribution is 2.31. The number of carbonyl (C=O) groups is 1. The molecule has 3 N–H and O–H groups in total. The van der Waals surface area contributed by atoms with Gasteiger partial charge in [-0.25, -0.2) is 8.42 Å². The molecule has 6 nitrogen and oxygen atoms in total. The van der Waals surface area contributed by atoms with Crippen LogP contribution in [0.4, 0.5) is 24.5 Å². The zero-order valence-corrected chi connectivity index (χ0v) is 18.2. The molecular formula is C23H22F3N3O3S. The third-order valence-corrected chi connectivity index (χ3v) is 6.01. The van der Waals surface area contributed by atoms with E-state index in [4.69, 9.17) is 0 Å². The van der Waals surface area contributed by atoms with Crippen LogP contribution in [0.25, 0.3) is 0 Å². The second kappa shape index (κ2) is 10.4. The lowest BCUT2D eigenvalue weighted by molar-refractivity contribution is -0.137. The molecule has 0 unspecified atom stereocenters. The summed E-state index contributed by atoms with van der Waals surface area (Å²) in [5.74, 6) is -0.357. The molecule has 3 rings (SSSR count). The first-order valence-electron chi connectivity index (χ1n) is 10.0. The van der Waals surface area contributed by atoms with Crippen LogP contribution in [0, 0.1) is 0 Å². The van der Waals surface area contributed by atoms with Crippen molar-refractivity contribution in [2.24, 2.45) is 0 Å². The van der Waals surface area contributed by atoms with Gasteiger partial charge in [0.1, 0.15) is 0 Å². The molecule has 0 aliphatic rings. The molecule has 0 saturated carbocycles. The number of alkyl halides is 3. The lowest BCUT2D eigenvalue weighted by Crippen LogP contribution is -2.25. The molecule has 0 aliphatic heterocycles. The van der Waals surface area contributed by atoms with Crippen LogP contribution in [0.2, 0.25) is 0 Å². The van der Waals surface area contributed by atoms with Gasteiger partial charge in [-0.2, -0.15) is 13.2 Å². The van der Waals surface area contributed by atoms with Gasteiger partial charge in [-0.15, -0.1) is 0 Å². The van der Waals surface area contributed by atoms with Crippen LogP contribution in [0.5, 0.6) is 0 Å². The average molecular weight is 478 g/mol. The van der Waals surface area contributed by atoms with E-state index in [0.29, 0.717) is 25.6 Å². The molecule has 0 radical (unpaired) electrons. The van der Waals surface area contributed by atoms with Gasteiger partial charge in [0.25, 0.3) is 15.9 Å². The van der Waals surface area contributed by atoms with Crippen molar-refractivity contribution in [3.8, 4) is 0 Å². The molecule has 0 spiro atoms. The third kappa shape index (κ3) is 6.98. The number of benzene rings is 3. The van der Waals surface area contributed by atoms with Gasteiger partial charge in [-0.1, -0.05) is 24.3 Å². The number of hydrogen-bond acceptors (Lipinski definition) is 4. The van der Waals surface area contributed by atoms with E-state index in [2.05, 4.69) is 15.4 Å². The standard InChI is InChI=1S/C23H22F3N3O3S/c24-23(25,26)18-6-4-9-20(16-18)29-33(31,32)21-12-10-17(11-13-21)22(30)28-15-5-14-27-19-7-2-1-3-8-19/h1-4,6-13,16,27,29H,5,14-15H2,(H,28,30). The number of para-hydroxylation sites is 1. The molecule has 0 saturated heterocycles. The van der Waals surface area contributed by atoms with Crippen molar-refractivity contribution in [3.05, 3.63) is 90.0 Å². The van der Waals surface area contributed by atoms with Crippen molar-refractivity contribution in [1.29, 1.82) is 0 Å². The van der Waals surface area contributed by atoms with Crippen LogP contribution in [-0.4, -0.2) is 27.4 Å². The SMILES string of the molecule is O=C(NCCCNc1ccccc1)c1ccc(S(=O)(=O)Nc2cccc(C(F)(F)F)c2)cc1. The summed E-state index contributed by atoms with van der Waals surface area (Å²) in [4.78, 5) is 12.1. The number of sulfonamides is 1. The number of rotatable bonds is 9. The lowest BCUT2D eigenvalue weighted by atomic mass is 10.2. The van der Waals surface area contributed by atoms with Gasteiger partial charge in [-0.05, 0) is 61.0 Å². The Labute approximate surface area is 189 Å². The van der Waals surface area contributed by atoms with Crippen molar-refractivity contribution in [3.63, 3.8) is 0 Å². The predicted molar refractivity (Wildman–Crippen MR) is 121 cm³/mol. The summed E-state index contributed by atoms with van der Waals surface area (Å²) in [5, 5.41) is 5.98. The number of halogens is 3. The predicted octanol–water partition coefficient (Wildman–Crippen LogP) is 4.74. The van der Waals surface area contributed by atoms with Crippen molar-refractivity contribution < 1.29 is 26.4 Å². The fourth-order valence-electron chi connectivity index (χ4n) is 2.94. The Balaban J connectivity index is 1.53. The first-order chi connectivity index (χ1) is 15.6. The summed E-state index contributed by atoms with van der Waals surface area (Å²) in [6, 6.07) is 18.7. The number of anilines is 2. The summed E-state index contributed by atoms with van der Waals surface area (Å²) >= 11 is 0. The maximum Gasteiger partial charge on any atom is 0.416 e. The maximum atomic E-state index is 12.8. The van der Waals surface area contributed by atoms with Crippen LogP contribution in [0.3, 0.4) is 0 Å². The Morgan fingerprint density at radius 2 is 1.48 bits per heavy atom. The van der Waals surface area contributed by atoms with Gasteiger partial charge >= 0.3 is 6.18 Å². The molecule has 0 fully saturated rings. The molecule has 10 heteroatoms. The normalized spacial score (nSPS) is 11.6. The van der Waals surface area contributed by atoms with Gasteiger partial charge in [0.05, 0.1) is 10.5 Å². The van der Waals surface area contributed by atoms with E-state index in [1.54, 1.807) is 0 Å². The second-order valence-electron chi connectivity index (χ2n) is 7.11. The van der Waals surface area contributed by atoms with Crippen molar-refractivity contribution in [1.82, 2.24) is 5.32 Å². The molecule has 0 heterocycles. The Kier molecular flexibility index (Phi) is 7.59.